The zero-order chi connectivity index (χ0) is 16.2. The molecule has 0 unspecified atom stereocenters. The molecule has 1 heterocycles. The number of hydrogen-bond acceptors (Lipinski definition) is 4. The highest BCUT2D eigenvalue weighted by Crippen LogP contribution is 2.28. The van der Waals surface area contributed by atoms with Gasteiger partial charge in [0.1, 0.15) is 0 Å². The van der Waals surface area contributed by atoms with E-state index in [1.54, 1.807) is 47.1 Å². The fourth-order valence-electron chi connectivity index (χ4n) is 2.22. The van der Waals surface area contributed by atoms with Gasteiger partial charge in [0, 0.05) is 16.7 Å². The molecule has 2 aromatic carbocycles. The first kappa shape index (κ1) is 14.8. The topological polar surface area (TPSA) is 67.9 Å². The van der Waals surface area contributed by atoms with Gasteiger partial charge in [-0.15, -0.1) is 5.10 Å². The average Bonchev–Trinajstić information content (AvgIpc) is 2.99. The van der Waals surface area contributed by atoms with Gasteiger partial charge < -0.3 is 4.74 Å². The molecule has 1 aromatic heterocycles. The molecule has 0 bridgehead atoms. The van der Waals surface area contributed by atoms with E-state index in [2.05, 4.69) is 11.2 Å². The first-order valence-corrected chi connectivity index (χ1v) is 7.06. The third-order valence-corrected chi connectivity index (χ3v) is 3.43. The van der Waals surface area contributed by atoms with Gasteiger partial charge in [0.25, 0.3) is 6.47 Å². The maximum absolute atomic E-state index is 10.6. The van der Waals surface area contributed by atoms with Crippen molar-refractivity contribution in [3.8, 4) is 28.9 Å². The molecule has 3 rings (SSSR count). The molecule has 0 fully saturated rings. The highest BCUT2D eigenvalue weighted by molar-refractivity contribution is 6.30. The number of hydrogen-bond donors (Lipinski definition) is 0. The van der Waals surface area contributed by atoms with Gasteiger partial charge in [-0.1, -0.05) is 29.8 Å². The molecule has 0 aliphatic rings. The van der Waals surface area contributed by atoms with Crippen molar-refractivity contribution in [3.05, 3.63) is 65.2 Å². The van der Waals surface area contributed by atoms with E-state index in [1.165, 1.54) is 0 Å². The number of rotatable bonds is 4. The van der Waals surface area contributed by atoms with Crippen LogP contribution in [0, 0.1) is 11.3 Å². The number of aromatic nitrogens is 2. The Morgan fingerprint density at radius 1 is 1.17 bits per heavy atom. The van der Waals surface area contributed by atoms with Crippen molar-refractivity contribution in [3.63, 3.8) is 0 Å². The van der Waals surface area contributed by atoms with Crippen molar-refractivity contribution in [2.45, 2.75) is 0 Å². The maximum Gasteiger partial charge on any atom is 0.299 e. The van der Waals surface area contributed by atoms with Crippen LogP contribution in [-0.2, 0) is 4.79 Å². The lowest BCUT2D eigenvalue weighted by atomic mass is 10.1. The molecule has 0 radical (unpaired) electrons. The second-order valence-corrected chi connectivity index (χ2v) is 5.10. The fourth-order valence-corrected chi connectivity index (χ4v) is 2.41. The Morgan fingerprint density at radius 2 is 2.00 bits per heavy atom. The molecule has 0 saturated carbocycles. The van der Waals surface area contributed by atoms with E-state index in [9.17, 15) is 4.79 Å². The summed E-state index contributed by atoms with van der Waals surface area (Å²) in [5.41, 5.74) is 2.70. The first-order chi connectivity index (χ1) is 11.2. The number of ether oxygens (including phenoxy) is 1. The Morgan fingerprint density at radius 3 is 2.74 bits per heavy atom. The predicted molar refractivity (Wildman–Crippen MR) is 85.4 cm³/mol. The Hall–Kier alpha value is -3.10. The van der Waals surface area contributed by atoms with Crippen LogP contribution >= 0.6 is 11.6 Å². The van der Waals surface area contributed by atoms with Crippen LogP contribution in [0.25, 0.3) is 16.9 Å². The Kier molecular flexibility index (Phi) is 4.09. The summed E-state index contributed by atoms with van der Waals surface area (Å²) in [6.07, 6.45) is 0. The van der Waals surface area contributed by atoms with E-state index < -0.39 is 0 Å². The maximum atomic E-state index is 10.6. The Bertz CT molecular complexity index is 912. The summed E-state index contributed by atoms with van der Waals surface area (Å²) in [5.74, 6) is 0.164. The van der Waals surface area contributed by atoms with Crippen LogP contribution in [0.2, 0.25) is 5.02 Å². The highest BCUT2D eigenvalue weighted by Gasteiger charge is 2.13. The second kappa shape index (κ2) is 6.34. The second-order valence-electron chi connectivity index (χ2n) is 4.67. The normalized spacial score (nSPS) is 10.1. The summed E-state index contributed by atoms with van der Waals surface area (Å²) in [6, 6.07) is 18.0. The van der Waals surface area contributed by atoms with Gasteiger partial charge in [-0.3, -0.25) is 4.79 Å². The van der Waals surface area contributed by atoms with Gasteiger partial charge >= 0.3 is 0 Å². The van der Waals surface area contributed by atoms with E-state index in [4.69, 9.17) is 21.6 Å². The summed E-state index contributed by atoms with van der Waals surface area (Å²) in [4.78, 5) is 10.6. The zero-order valence-corrected chi connectivity index (χ0v) is 12.6. The molecule has 112 valence electrons. The summed E-state index contributed by atoms with van der Waals surface area (Å²) in [6.45, 7) is 0.320. The van der Waals surface area contributed by atoms with Crippen LogP contribution in [-0.4, -0.2) is 16.3 Å². The van der Waals surface area contributed by atoms with Crippen LogP contribution in [0.4, 0.5) is 0 Å². The molecule has 0 N–H and O–H groups in total. The number of nitriles is 1. The minimum Gasteiger partial charge on any atom is -0.408 e. The van der Waals surface area contributed by atoms with Crippen molar-refractivity contribution >= 4 is 18.1 Å². The fraction of sp³-hybridized carbons (Fsp3) is 0. The Balaban J connectivity index is 2.18. The van der Waals surface area contributed by atoms with E-state index in [0.29, 0.717) is 22.8 Å². The van der Waals surface area contributed by atoms with Crippen molar-refractivity contribution in [1.82, 2.24) is 9.78 Å². The van der Waals surface area contributed by atoms with Crippen LogP contribution in [0.15, 0.2) is 54.6 Å². The van der Waals surface area contributed by atoms with Gasteiger partial charge in [0.2, 0.25) is 5.88 Å². The summed E-state index contributed by atoms with van der Waals surface area (Å²) < 4.78 is 6.46. The molecule has 0 amide bonds. The summed E-state index contributed by atoms with van der Waals surface area (Å²) >= 11 is 6.04. The molecule has 0 aliphatic carbocycles. The van der Waals surface area contributed by atoms with E-state index >= 15 is 0 Å². The van der Waals surface area contributed by atoms with Crippen molar-refractivity contribution in [1.29, 1.82) is 5.26 Å². The average molecular weight is 324 g/mol. The van der Waals surface area contributed by atoms with Crippen LogP contribution in [0.3, 0.4) is 0 Å². The zero-order valence-electron chi connectivity index (χ0n) is 11.8. The molecule has 0 atom stereocenters. The molecule has 0 aliphatic heterocycles. The lowest BCUT2D eigenvalue weighted by Gasteiger charge is -2.07. The number of nitrogens with zero attached hydrogens (tertiary/aromatic N) is 3. The van der Waals surface area contributed by atoms with Crippen LogP contribution in [0.1, 0.15) is 5.56 Å². The number of carbonyl (C=O) groups is 1. The van der Waals surface area contributed by atoms with Gasteiger partial charge in [-0.25, -0.2) is 4.68 Å². The number of benzene rings is 2. The smallest absolute Gasteiger partial charge is 0.299 e. The van der Waals surface area contributed by atoms with Gasteiger partial charge in [0.05, 0.1) is 23.0 Å². The van der Waals surface area contributed by atoms with Crippen molar-refractivity contribution < 1.29 is 9.53 Å². The van der Waals surface area contributed by atoms with Crippen molar-refractivity contribution in [2.24, 2.45) is 0 Å². The Labute approximate surface area is 137 Å². The van der Waals surface area contributed by atoms with Gasteiger partial charge in [-0.05, 0) is 30.3 Å². The molecule has 0 saturated heterocycles. The number of carbonyl (C=O) groups excluding carboxylic acids is 1. The minimum absolute atomic E-state index is 0.164. The van der Waals surface area contributed by atoms with E-state index in [-0.39, 0.29) is 5.88 Å². The van der Waals surface area contributed by atoms with Crippen LogP contribution < -0.4 is 4.74 Å². The monoisotopic (exact) mass is 323 g/mol. The molecular weight excluding hydrogens is 314 g/mol. The third kappa shape index (κ3) is 3.07. The lowest BCUT2D eigenvalue weighted by Crippen LogP contribution is -1.99. The van der Waals surface area contributed by atoms with E-state index in [0.717, 1.165) is 11.3 Å². The SMILES string of the molecule is N#Cc1cccc(-c2cc(OC=O)nn2-c2cccc(Cl)c2)c1. The molecule has 5 nitrogen and oxygen atoms in total. The minimum atomic E-state index is 0.164. The molecule has 3 aromatic rings. The third-order valence-electron chi connectivity index (χ3n) is 3.20. The summed E-state index contributed by atoms with van der Waals surface area (Å²) in [7, 11) is 0. The molecule has 23 heavy (non-hydrogen) atoms. The first-order valence-electron chi connectivity index (χ1n) is 6.68. The van der Waals surface area contributed by atoms with Crippen molar-refractivity contribution in [2.75, 3.05) is 0 Å². The quantitative estimate of drug-likeness (QED) is 0.688. The molecule has 6 heteroatoms. The standard InChI is InChI=1S/C17H10ClN3O2/c18-14-5-2-6-15(8-14)21-16(9-17(20-21)23-11-22)13-4-1-3-12(7-13)10-19/h1-9,11H. The largest absolute Gasteiger partial charge is 0.408 e. The molecule has 0 spiro atoms. The van der Waals surface area contributed by atoms with Crippen LogP contribution in [0.5, 0.6) is 5.88 Å². The van der Waals surface area contributed by atoms with E-state index in [1.807, 2.05) is 12.1 Å². The lowest BCUT2D eigenvalue weighted by molar-refractivity contribution is -0.120. The molecular formula is C17H10ClN3O2. The number of halogens is 1. The predicted octanol–water partition coefficient (Wildman–Crippen LogP) is 3.60. The highest BCUT2D eigenvalue weighted by atomic mass is 35.5. The van der Waals surface area contributed by atoms with Gasteiger partial charge in [0.15, 0.2) is 0 Å². The van der Waals surface area contributed by atoms with Gasteiger partial charge in [-0.2, -0.15) is 5.26 Å². The summed E-state index contributed by atoms with van der Waals surface area (Å²) in [5, 5.41) is 13.9.